The van der Waals surface area contributed by atoms with Crippen molar-refractivity contribution in [3.63, 3.8) is 0 Å². The van der Waals surface area contributed by atoms with Crippen molar-refractivity contribution in [2.24, 2.45) is 0 Å². The Morgan fingerprint density at radius 1 is 1.12 bits per heavy atom. The second kappa shape index (κ2) is 5.67. The third-order valence-electron chi connectivity index (χ3n) is 4.72. The lowest BCUT2D eigenvalue weighted by Crippen LogP contribution is -2.34. The highest BCUT2D eigenvalue weighted by Gasteiger charge is 2.44. The van der Waals surface area contributed by atoms with E-state index in [2.05, 4.69) is 22.8 Å². The summed E-state index contributed by atoms with van der Waals surface area (Å²) in [6, 6.07) is 15.5. The predicted molar refractivity (Wildman–Crippen MR) is 90.3 cm³/mol. The normalized spacial score (nSPS) is 17.2. The van der Waals surface area contributed by atoms with Crippen molar-refractivity contribution in [2.45, 2.75) is 18.3 Å². The second-order valence-electron chi connectivity index (χ2n) is 6.34. The first-order valence-corrected chi connectivity index (χ1v) is 8.07. The van der Waals surface area contributed by atoms with Crippen molar-refractivity contribution in [3.8, 4) is 5.75 Å². The number of fused-ring (bicyclic) bond motifs is 1. The number of carbonyl (C=O) groups excluding carboxylic acids is 2. The molecule has 1 aliphatic carbocycles. The number of benzene rings is 2. The maximum Gasteiger partial charge on any atom is 0.262 e. The lowest BCUT2D eigenvalue weighted by Gasteiger charge is -2.21. The predicted octanol–water partition coefficient (Wildman–Crippen LogP) is 2.48. The second-order valence-corrected chi connectivity index (χ2v) is 6.34. The average molecular weight is 322 g/mol. The van der Waals surface area contributed by atoms with Gasteiger partial charge in [0.25, 0.3) is 11.8 Å². The van der Waals surface area contributed by atoms with Gasteiger partial charge in [0.2, 0.25) is 0 Å². The fraction of sp³-hybridized carbons (Fsp3) is 0.263. The molecule has 2 N–H and O–H groups in total. The van der Waals surface area contributed by atoms with Gasteiger partial charge < -0.3 is 15.4 Å². The number of para-hydroxylation sites is 1. The van der Waals surface area contributed by atoms with E-state index >= 15 is 0 Å². The van der Waals surface area contributed by atoms with E-state index in [0.29, 0.717) is 23.5 Å². The van der Waals surface area contributed by atoms with Gasteiger partial charge in [-0.15, -0.1) is 0 Å². The smallest absolute Gasteiger partial charge is 0.262 e. The molecule has 24 heavy (non-hydrogen) atoms. The maximum absolute atomic E-state index is 12.6. The number of ether oxygens (including phenoxy) is 1. The standard InChI is InChI=1S/C19H18N2O3/c22-16-11-24-15-8-4-7-14(17(15)21-16)18(23)20-12-19(9-10-19)13-5-2-1-3-6-13/h1-8H,9-12H2,(H,20,23)(H,21,22). The lowest BCUT2D eigenvalue weighted by molar-refractivity contribution is -0.118. The van der Waals surface area contributed by atoms with Gasteiger partial charge in [-0.2, -0.15) is 0 Å². The Labute approximate surface area is 140 Å². The van der Waals surface area contributed by atoms with E-state index in [1.807, 2.05) is 18.2 Å². The summed E-state index contributed by atoms with van der Waals surface area (Å²) in [6.07, 6.45) is 2.15. The highest BCUT2D eigenvalue weighted by atomic mass is 16.5. The fourth-order valence-electron chi connectivity index (χ4n) is 3.14. The van der Waals surface area contributed by atoms with Crippen LogP contribution in [0.15, 0.2) is 48.5 Å². The Morgan fingerprint density at radius 3 is 2.67 bits per heavy atom. The number of rotatable bonds is 4. The van der Waals surface area contributed by atoms with Gasteiger partial charge in [-0.25, -0.2) is 0 Å². The zero-order chi connectivity index (χ0) is 16.6. The van der Waals surface area contributed by atoms with Crippen LogP contribution < -0.4 is 15.4 Å². The third kappa shape index (κ3) is 2.62. The van der Waals surface area contributed by atoms with Gasteiger partial charge in [0, 0.05) is 12.0 Å². The van der Waals surface area contributed by atoms with Crippen LogP contribution in [-0.2, 0) is 10.2 Å². The topological polar surface area (TPSA) is 67.4 Å². The van der Waals surface area contributed by atoms with Crippen LogP contribution in [0.5, 0.6) is 5.75 Å². The molecule has 2 aromatic rings. The van der Waals surface area contributed by atoms with E-state index in [1.165, 1.54) is 5.56 Å². The Balaban J connectivity index is 1.51. The van der Waals surface area contributed by atoms with Crippen LogP contribution in [0.2, 0.25) is 0 Å². The number of amides is 2. The summed E-state index contributed by atoms with van der Waals surface area (Å²) in [5.41, 5.74) is 2.20. The van der Waals surface area contributed by atoms with E-state index in [0.717, 1.165) is 12.8 Å². The molecule has 0 saturated heterocycles. The molecule has 4 rings (SSSR count). The van der Waals surface area contributed by atoms with Crippen molar-refractivity contribution < 1.29 is 14.3 Å². The van der Waals surface area contributed by atoms with Crippen LogP contribution in [0.25, 0.3) is 0 Å². The van der Waals surface area contributed by atoms with Gasteiger partial charge in [0.05, 0.1) is 11.3 Å². The molecule has 122 valence electrons. The monoisotopic (exact) mass is 322 g/mol. The number of hydrogen-bond acceptors (Lipinski definition) is 3. The Hall–Kier alpha value is -2.82. The molecular weight excluding hydrogens is 304 g/mol. The number of nitrogens with one attached hydrogen (secondary N) is 2. The van der Waals surface area contributed by atoms with Crippen LogP contribution in [0.3, 0.4) is 0 Å². The van der Waals surface area contributed by atoms with Crippen molar-refractivity contribution >= 4 is 17.5 Å². The molecule has 5 heteroatoms. The fourth-order valence-corrected chi connectivity index (χ4v) is 3.14. The molecule has 0 spiro atoms. The molecule has 5 nitrogen and oxygen atoms in total. The van der Waals surface area contributed by atoms with Crippen molar-refractivity contribution in [1.82, 2.24) is 5.32 Å². The summed E-state index contributed by atoms with van der Waals surface area (Å²) in [7, 11) is 0. The van der Waals surface area contributed by atoms with Gasteiger partial charge in [0.1, 0.15) is 5.75 Å². The van der Waals surface area contributed by atoms with Crippen molar-refractivity contribution in [2.75, 3.05) is 18.5 Å². The van der Waals surface area contributed by atoms with E-state index in [1.54, 1.807) is 18.2 Å². The zero-order valence-electron chi connectivity index (χ0n) is 13.2. The summed E-state index contributed by atoms with van der Waals surface area (Å²) < 4.78 is 5.36. The molecule has 2 aromatic carbocycles. The first kappa shape index (κ1) is 14.8. The summed E-state index contributed by atoms with van der Waals surface area (Å²) in [5, 5.41) is 5.75. The largest absolute Gasteiger partial charge is 0.482 e. The van der Waals surface area contributed by atoms with E-state index in [9.17, 15) is 9.59 Å². The first-order chi connectivity index (χ1) is 11.7. The summed E-state index contributed by atoms with van der Waals surface area (Å²) in [4.78, 5) is 24.2. The van der Waals surface area contributed by atoms with Gasteiger partial charge in [0.15, 0.2) is 6.61 Å². The summed E-state index contributed by atoms with van der Waals surface area (Å²) in [5.74, 6) is 0.0944. The minimum atomic E-state index is -0.245. The molecule has 1 aliphatic heterocycles. The van der Waals surface area contributed by atoms with Crippen molar-refractivity contribution in [3.05, 3.63) is 59.7 Å². The molecule has 2 amide bonds. The van der Waals surface area contributed by atoms with E-state index < -0.39 is 0 Å². The van der Waals surface area contributed by atoms with E-state index in [-0.39, 0.29) is 23.8 Å². The van der Waals surface area contributed by atoms with Gasteiger partial charge in [-0.1, -0.05) is 36.4 Å². The van der Waals surface area contributed by atoms with Crippen molar-refractivity contribution in [1.29, 1.82) is 0 Å². The van der Waals surface area contributed by atoms with Crippen LogP contribution >= 0.6 is 0 Å². The average Bonchev–Trinajstić information content (AvgIpc) is 3.41. The Kier molecular flexibility index (Phi) is 3.49. The quantitative estimate of drug-likeness (QED) is 0.909. The number of anilines is 1. The van der Waals surface area contributed by atoms with Gasteiger partial charge >= 0.3 is 0 Å². The van der Waals surface area contributed by atoms with Crippen LogP contribution in [0.1, 0.15) is 28.8 Å². The molecule has 0 aromatic heterocycles. The molecule has 1 heterocycles. The molecule has 1 fully saturated rings. The number of carbonyl (C=O) groups is 2. The Morgan fingerprint density at radius 2 is 1.92 bits per heavy atom. The summed E-state index contributed by atoms with van der Waals surface area (Å²) in [6.45, 7) is 0.573. The molecule has 0 atom stereocenters. The molecule has 0 unspecified atom stereocenters. The van der Waals surface area contributed by atoms with Crippen LogP contribution in [0.4, 0.5) is 5.69 Å². The SMILES string of the molecule is O=C1COc2cccc(C(=O)NCC3(c4ccccc4)CC3)c2N1. The van der Waals surface area contributed by atoms with E-state index in [4.69, 9.17) is 4.74 Å². The molecule has 1 saturated carbocycles. The maximum atomic E-state index is 12.6. The Bertz CT molecular complexity index is 798. The minimum Gasteiger partial charge on any atom is -0.482 e. The summed E-state index contributed by atoms with van der Waals surface area (Å²) >= 11 is 0. The van der Waals surface area contributed by atoms with Gasteiger partial charge in [-0.3, -0.25) is 9.59 Å². The van der Waals surface area contributed by atoms with Gasteiger partial charge in [-0.05, 0) is 30.5 Å². The highest BCUT2D eigenvalue weighted by molar-refractivity contribution is 6.06. The molecule has 0 radical (unpaired) electrons. The molecular formula is C19H18N2O3. The third-order valence-corrected chi connectivity index (χ3v) is 4.72. The van der Waals surface area contributed by atoms with Crippen LogP contribution in [0, 0.1) is 0 Å². The number of hydrogen-bond donors (Lipinski definition) is 2. The zero-order valence-corrected chi connectivity index (χ0v) is 13.2. The molecule has 0 bridgehead atoms. The van der Waals surface area contributed by atoms with Crippen LogP contribution in [-0.4, -0.2) is 25.0 Å². The lowest BCUT2D eigenvalue weighted by atomic mass is 9.96. The highest BCUT2D eigenvalue weighted by Crippen LogP contribution is 2.47. The minimum absolute atomic E-state index is 0.0187. The molecule has 2 aliphatic rings. The first-order valence-electron chi connectivity index (χ1n) is 8.07.